The van der Waals surface area contributed by atoms with E-state index in [4.69, 9.17) is 19.4 Å². The van der Waals surface area contributed by atoms with Crippen LogP contribution in [-0.4, -0.2) is 135 Å². The summed E-state index contributed by atoms with van der Waals surface area (Å²) in [5, 5.41) is 8.12. The molecule has 3 fully saturated rings. The lowest BCUT2D eigenvalue weighted by molar-refractivity contribution is -0.155. The van der Waals surface area contributed by atoms with Gasteiger partial charge < -0.3 is 34.1 Å². The number of likely N-dealkylation sites (tertiary alicyclic amines) is 2. The molecule has 17 heteroatoms. The summed E-state index contributed by atoms with van der Waals surface area (Å²) < 4.78 is 14.2. The van der Waals surface area contributed by atoms with Crippen LogP contribution in [0.25, 0.3) is 33.4 Å². The summed E-state index contributed by atoms with van der Waals surface area (Å²) in [5.41, 5.74) is 8.78. The maximum absolute atomic E-state index is 14.7. The number of aromatic nitrogens is 3. The van der Waals surface area contributed by atoms with Crippen molar-refractivity contribution in [2.45, 2.75) is 117 Å². The highest BCUT2D eigenvalue weighted by atomic mass is 32.1. The number of amides is 5. The van der Waals surface area contributed by atoms with Crippen molar-refractivity contribution in [3.8, 4) is 34.4 Å². The molecule has 1 spiro atoms. The van der Waals surface area contributed by atoms with Gasteiger partial charge in [-0.15, -0.1) is 11.3 Å². The quantitative estimate of drug-likeness (QED) is 0.168. The lowest BCUT2D eigenvalue weighted by Crippen LogP contribution is -2.79. The summed E-state index contributed by atoms with van der Waals surface area (Å²) in [5.74, 6) is 3.26. The van der Waals surface area contributed by atoms with Gasteiger partial charge in [-0.25, -0.2) is 15.2 Å². The summed E-state index contributed by atoms with van der Waals surface area (Å²) in [6.07, 6.45) is 3.93. The van der Waals surface area contributed by atoms with Gasteiger partial charge in [-0.05, 0) is 88.1 Å². The predicted octanol–water partition coefficient (Wildman–Crippen LogP) is 5.59. The fraction of sp³-hybridized carbons (Fsp3) is 0.540. The van der Waals surface area contributed by atoms with Gasteiger partial charge in [0.25, 0.3) is 11.8 Å². The lowest BCUT2D eigenvalue weighted by Gasteiger charge is -2.62. The van der Waals surface area contributed by atoms with Gasteiger partial charge in [-0.3, -0.25) is 29.2 Å². The van der Waals surface area contributed by atoms with Crippen LogP contribution in [0.2, 0.25) is 0 Å². The molecular weight excluding hydrogens is 871 g/mol. The van der Waals surface area contributed by atoms with E-state index >= 15 is 0 Å². The number of benzene rings is 1. The first kappa shape index (κ1) is 47.7. The number of thiazole rings is 1. The third-order valence-corrected chi connectivity index (χ3v) is 14.7. The van der Waals surface area contributed by atoms with Crippen molar-refractivity contribution < 1.29 is 33.4 Å². The van der Waals surface area contributed by atoms with E-state index in [2.05, 4.69) is 72.2 Å². The maximum atomic E-state index is 14.7. The zero-order valence-corrected chi connectivity index (χ0v) is 40.9. The monoisotopic (exact) mass is 933 g/mol. The number of methoxy groups -OCH3 is 1. The van der Waals surface area contributed by atoms with E-state index in [0.717, 1.165) is 51.1 Å². The molecule has 67 heavy (non-hydrogen) atoms. The lowest BCUT2D eigenvalue weighted by atomic mass is 9.77. The molecule has 4 aromatic rings. The molecule has 2 N–H and O–H groups in total. The number of pyridine rings is 1. The molecule has 1 unspecified atom stereocenters. The van der Waals surface area contributed by atoms with Crippen LogP contribution in [0.3, 0.4) is 0 Å². The van der Waals surface area contributed by atoms with Gasteiger partial charge in [0.05, 0.1) is 40.3 Å². The fourth-order valence-electron chi connectivity index (χ4n) is 10.2. The van der Waals surface area contributed by atoms with Crippen molar-refractivity contribution in [3.05, 3.63) is 58.2 Å². The van der Waals surface area contributed by atoms with E-state index in [9.17, 15) is 24.0 Å². The molecular formula is C50H63N9O7S. The molecule has 3 aromatic heterocycles. The predicted molar refractivity (Wildman–Crippen MR) is 255 cm³/mol. The normalized spacial score (nSPS) is 21.1. The Bertz CT molecular complexity index is 2640. The Morgan fingerprint density at radius 1 is 1.13 bits per heavy atom. The number of nitrogens with one attached hydrogen (secondary N) is 2. The van der Waals surface area contributed by atoms with E-state index in [1.807, 2.05) is 32.2 Å². The Morgan fingerprint density at radius 2 is 1.91 bits per heavy atom. The van der Waals surface area contributed by atoms with Gasteiger partial charge in [0.1, 0.15) is 18.1 Å². The van der Waals surface area contributed by atoms with E-state index in [-0.39, 0.29) is 37.0 Å². The topological polar surface area (TPSA) is 172 Å². The standard InChI is InChI=1S/C50H63N9O7S/c1-10-14-41(60)56-27-50(28-56)19-22-58(50)48(64)55(8)43(30(3)4)45(61)53-37-24-40-52-38(26-67-40)32-17-18-39-34(23-32)35(44(57(39)11-2)33-15-12-20-51-42(33)31(5)65-9)25-49(6,7)29-66-47(63)36-16-13-21-59(54-36)46(37)62/h12,15,17-18,20,23,26,30-31,36-37,43,54H,11,13,16,19,21-22,24-25,27-29H2,1-9H3,(H,53,61)/t31-,36-,37-,43?/m0/s1. The number of aryl methyl sites for hydroxylation is 1. The number of fused-ring (bicyclic) bond motifs is 6. The number of likely N-dealkylation sites (N-methyl/N-ethyl adjacent to an activating group) is 1. The van der Waals surface area contributed by atoms with Crippen LogP contribution < -0.4 is 10.7 Å². The second kappa shape index (κ2) is 19.0. The number of esters is 1. The summed E-state index contributed by atoms with van der Waals surface area (Å²) in [7, 11) is 3.30. The minimum Gasteiger partial charge on any atom is -0.464 e. The van der Waals surface area contributed by atoms with E-state index in [1.54, 1.807) is 37.1 Å². The number of nitrogens with zero attached hydrogens (tertiary/aromatic N) is 7. The van der Waals surface area contributed by atoms with Crippen LogP contribution in [0.4, 0.5) is 4.79 Å². The average Bonchev–Trinajstić information content (AvgIpc) is 3.87. The summed E-state index contributed by atoms with van der Waals surface area (Å²) in [4.78, 5) is 84.4. The molecule has 6 bridgehead atoms. The SMILES string of the molecule is CC#CC(=O)N1CC2(CCN2C(=O)N(C)C(C(=O)N[C@H]2Cc3nc(cs3)-c3ccc4c(c3)c(c(-c3cccnc3[C@H](C)OC)n4CC)CC(C)(C)COC(=O)[C@@H]3CCCN(N3)C2=O)C(C)C)C1. The highest BCUT2D eigenvalue weighted by molar-refractivity contribution is 7.10. The van der Waals surface area contributed by atoms with Crippen molar-refractivity contribution in [3.63, 3.8) is 0 Å². The van der Waals surface area contributed by atoms with Crippen molar-refractivity contribution in [2.24, 2.45) is 11.3 Å². The molecule has 4 atom stereocenters. The van der Waals surface area contributed by atoms with Gasteiger partial charge in [-0.2, -0.15) is 0 Å². The first-order chi connectivity index (χ1) is 32.0. The van der Waals surface area contributed by atoms with Gasteiger partial charge in [-0.1, -0.05) is 39.7 Å². The van der Waals surface area contributed by atoms with Crippen LogP contribution in [0.1, 0.15) is 90.1 Å². The van der Waals surface area contributed by atoms with Crippen LogP contribution in [-0.2, 0) is 48.0 Å². The highest BCUT2D eigenvalue weighted by Gasteiger charge is 2.57. The first-order valence-electron chi connectivity index (χ1n) is 23.4. The van der Waals surface area contributed by atoms with Crippen LogP contribution in [0, 0.1) is 23.2 Å². The van der Waals surface area contributed by atoms with Crippen molar-refractivity contribution >= 4 is 52.0 Å². The highest BCUT2D eigenvalue weighted by Crippen LogP contribution is 2.43. The number of cyclic esters (lactones) is 1. The molecule has 16 nitrogen and oxygen atoms in total. The van der Waals surface area contributed by atoms with Crippen LogP contribution in [0.5, 0.6) is 0 Å². The number of urea groups is 1. The molecule has 0 radical (unpaired) electrons. The average molecular weight is 934 g/mol. The number of hydrogen-bond acceptors (Lipinski definition) is 11. The second-order valence-electron chi connectivity index (χ2n) is 19.5. The number of rotatable bonds is 8. The van der Waals surface area contributed by atoms with Gasteiger partial charge >= 0.3 is 12.0 Å². The second-order valence-corrected chi connectivity index (χ2v) is 20.5. The molecule has 7 heterocycles. The molecule has 4 aliphatic heterocycles. The third-order valence-electron chi connectivity index (χ3n) is 13.9. The molecule has 3 saturated heterocycles. The number of carbonyl (C=O) groups is 5. The zero-order chi connectivity index (χ0) is 47.9. The molecule has 8 rings (SSSR count). The van der Waals surface area contributed by atoms with Crippen LogP contribution in [0.15, 0.2) is 41.9 Å². The van der Waals surface area contributed by atoms with Crippen molar-refractivity contribution in [2.75, 3.05) is 46.9 Å². The molecule has 1 aromatic carbocycles. The molecule has 0 aliphatic carbocycles. The number of ether oxygens (including phenoxy) is 2. The van der Waals surface area contributed by atoms with Gasteiger partial charge in [0, 0.05) is 92.3 Å². The largest absolute Gasteiger partial charge is 0.464 e. The fourth-order valence-corrected chi connectivity index (χ4v) is 11.1. The summed E-state index contributed by atoms with van der Waals surface area (Å²) in [6.45, 7) is 16.1. The van der Waals surface area contributed by atoms with Crippen molar-refractivity contribution in [1.29, 1.82) is 0 Å². The van der Waals surface area contributed by atoms with Gasteiger partial charge in [0.2, 0.25) is 5.91 Å². The van der Waals surface area contributed by atoms with Gasteiger partial charge in [0.15, 0.2) is 0 Å². The first-order valence-corrected chi connectivity index (χ1v) is 24.3. The minimum absolute atomic E-state index is 0.0737. The molecule has 0 saturated carbocycles. The Kier molecular flexibility index (Phi) is 13.5. The Labute approximate surface area is 396 Å². The summed E-state index contributed by atoms with van der Waals surface area (Å²) >= 11 is 1.41. The number of hydrazine groups is 1. The third kappa shape index (κ3) is 9.15. The molecule has 356 valence electrons. The minimum atomic E-state index is -1.09. The Hall–Kier alpha value is -5.83. The number of hydrogen-bond donors (Lipinski definition) is 2. The van der Waals surface area contributed by atoms with E-state index in [0.29, 0.717) is 57.0 Å². The molecule has 5 amide bonds. The van der Waals surface area contributed by atoms with E-state index < -0.39 is 46.9 Å². The zero-order valence-electron chi connectivity index (χ0n) is 40.1. The summed E-state index contributed by atoms with van der Waals surface area (Å²) in [6, 6.07) is 7.29. The van der Waals surface area contributed by atoms with Crippen LogP contribution >= 0.6 is 11.3 Å². The van der Waals surface area contributed by atoms with Crippen molar-refractivity contribution in [1.82, 2.24) is 45.0 Å². The Balaban J connectivity index is 1.14. The Morgan fingerprint density at radius 3 is 2.60 bits per heavy atom. The number of carbonyl (C=O) groups excluding carboxylic acids is 5. The molecule has 4 aliphatic rings. The maximum Gasteiger partial charge on any atom is 0.324 e. The van der Waals surface area contributed by atoms with E-state index in [1.165, 1.54) is 21.2 Å². The smallest absolute Gasteiger partial charge is 0.324 e.